The van der Waals surface area contributed by atoms with Crippen LogP contribution in [0.2, 0.25) is 0 Å². The standard InChI is InChI=1S/C19H22N2O4/c1-3-24-17-5-4-6-18(13-17)25-12-11-20-19(23)21-16-9-7-15(8-10-16)14(2)22/h4-10,13H,3,11-12H2,1-2H3,(H2,20,21,23). The first-order valence-electron chi connectivity index (χ1n) is 8.10. The summed E-state index contributed by atoms with van der Waals surface area (Å²) in [5.74, 6) is 1.43. The number of Topliss-reactive ketones (excluding diaryl/α,β-unsaturated/α-hetero) is 1. The van der Waals surface area contributed by atoms with E-state index in [1.807, 2.05) is 25.1 Å². The van der Waals surface area contributed by atoms with Gasteiger partial charge in [-0.1, -0.05) is 6.07 Å². The summed E-state index contributed by atoms with van der Waals surface area (Å²) in [5, 5.41) is 5.40. The molecule has 25 heavy (non-hydrogen) atoms. The van der Waals surface area contributed by atoms with Gasteiger partial charge in [-0.2, -0.15) is 0 Å². The van der Waals surface area contributed by atoms with Crippen molar-refractivity contribution in [3.05, 3.63) is 54.1 Å². The maximum atomic E-state index is 11.8. The lowest BCUT2D eigenvalue weighted by Crippen LogP contribution is -2.32. The zero-order chi connectivity index (χ0) is 18.1. The van der Waals surface area contributed by atoms with E-state index in [0.717, 1.165) is 5.75 Å². The minimum absolute atomic E-state index is 0.0124. The van der Waals surface area contributed by atoms with E-state index in [1.165, 1.54) is 6.92 Å². The summed E-state index contributed by atoms with van der Waals surface area (Å²) < 4.78 is 11.0. The molecule has 0 aliphatic carbocycles. The minimum Gasteiger partial charge on any atom is -0.494 e. The van der Waals surface area contributed by atoms with Crippen LogP contribution in [0.15, 0.2) is 48.5 Å². The zero-order valence-electron chi connectivity index (χ0n) is 14.4. The minimum atomic E-state index is -0.331. The number of anilines is 1. The van der Waals surface area contributed by atoms with Crippen LogP contribution in [0.1, 0.15) is 24.2 Å². The SMILES string of the molecule is CCOc1cccc(OCCNC(=O)Nc2ccc(C(C)=O)cc2)c1. The molecule has 0 radical (unpaired) electrons. The maximum absolute atomic E-state index is 11.8. The van der Waals surface area contributed by atoms with Gasteiger partial charge in [0.05, 0.1) is 13.2 Å². The average Bonchev–Trinajstić information content (AvgIpc) is 2.60. The molecule has 2 N–H and O–H groups in total. The molecule has 0 aliphatic rings. The van der Waals surface area contributed by atoms with Crippen molar-refractivity contribution >= 4 is 17.5 Å². The van der Waals surface area contributed by atoms with Crippen LogP contribution in [0.3, 0.4) is 0 Å². The van der Waals surface area contributed by atoms with Gasteiger partial charge in [-0.3, -0.25) is 4.79 Å². The summed E-state index contributed by atoms with van der Waals surface area (Å²) in [6, 6.07) is 13.7. The van der Waals surface area contributed by atoms with Gasteiger partial charge in [-0.05, 0) is 50.2 Å². The highest BCUT2D eigenvalue weighted by Crippen LogP contribution is 2.19. The third kappa shape index (κ3) is 6.18. The van der Waals surface area contributed by atoms with E-state index in [-0.39, 0.29) is 11.8 Å². The normalized spacial score (nSPS) is 10.0. The number of urea groups is 1. The molecule has 0 saturated carbocycles. The summed E-state index contributed by atoms with van der Waals surface area (Å²) in [6.07, 6.45) is 0. The van der Waals surface area contributed by atoms with Gasteiger partial charge in [0.25, 0.3) is 0 Å². The number of nitrogens with one attached hydrogen (secondary N) is 2. The third-order valence-corrected chi connectivity index (χ3v) is 3.32. The number of rotatable bonds is 8. The van der Waals surface area contributed by atoms with Crippen LogP contribution in [-0.4, -0.2) is 31.6 Å². The summed E-state index contributed by atoms with van der Waals surface area (Å²) in [6.45, 7) is 4.71. The number of amides is 2. The fourth-order valence-electron chi connectivity index (χ4n) is 2.12. The molecular weight excluding hydrogens is 320 g/mol. The Labute approximate surface area is 147 Å². The first-order valence-corrected chi connectivity index (χ1v) is 8.10. The molecule has 0 fully saturated rings. The molecule has 0 saturated heterocycles. The lowest BCUT2D eigenvalue weighted by Gasteiger charge is -2.10. The molecule has 6 heteroatoms. The van der Waals surface area contributed by atoms with Crippen molar-refractivity contribution in [3.63, 3.8) is 0 Å². The Kier molecular flexibility index (Phi) is 6.83. The van der Waals surface area contributed by atoms with Gasteiger partial charge in [0.15, 0.2) is 5.78 Å². The van der Waals surface area contributed by atoms with Crippen molar-refractivity contribution < 1.29 is 19.1 Å². The van der Waals surface area contributed by atoms with E-state index < -0.39 is 0 Å². The fraction of sp³-hybridized carbons (Fsp3) is 0.263. The van der Waals surface area contributed by atoms with Crippen molar-refractivity contribution in [3.8, 4) is 11.5 Å². The molecule has 2 amide bonds. The molecule has 0 heterocycles. The first kappa shape index (κ1) is 18.3. The number of hydrogen-bond acceptors (Lipinski definition) is 4. The van der Waals surface area contributed by atoms with Crippen LogP contribution in [-0.2, 0) is 0 Å². The Hall–Kier alpha value is -3.02. The topological polar surface area (TPSA) is 76.7 Å². The highest BCUT2D eigenvalue weighted by Gasteiger charge is 2.03. The second kappa shape index (κ2) is 9.32. The van der Waals surface area contributed by atoms with E-state index in [1.54, 1.807) is 30.3 Å². The molecule has 0 aromatic heterocycles. The Morgan fingerprint density at radius 2 is 1.68 bits per heavy atom. The lowest BCUT2D eigenvalue weighted by atomic mass is 10.1. The summed E-state index contributed by atoms with van der Waals surface area (Å²) in [5.41, 5.74) is 1.22. The molecular formula is C19H22N2O4. The van der Waals surface area contributed by atoms with E-state index in [9.17, 15) is 9.59 Å². The second-order valence-electron chi connectivity index (χ2n) is 5.27. The second-order valence-corrected chi connectivity index (χ2v) is 5.27. The Morgan fingerprint density at radius 1 is 1.00 bits per heavy atom. The molecule has 0 spiro atoms. The Bertz CT molecular complexity index is 714. The molecule has 6 nitrogen and oxygen atoms in total. The quantitative estimate of drug-likeness (QED) is 0.569. The smallest absolute Gasteiger partial charge is 0.319 e. The monoisotopic (exact) mass is 342 g/mol. The predicted molar refractivity (Wildman–Crippen MR) is 96.6 cm³/mol. The molecule has 0 unspecified atom stereocenters. The number of carbonyl (C=O) groups is 2. The largest absolute Gasteiger partial charge is 0.494 e. The Morgan fingerprint density at radius 3 is 2.32 bits per heavy atom. The first-order chi connectivity index (χ1) is 12.1. The van der Waals surface area contributed by atoms with Crippen LogP contribution < -0.4 is 20.1 Å². The number of ketones is 1. The molecule has 0 atom stereocenters. The highest BCUT2D eigenvalue weighted by molar-refractivity contribution is 5.95. The van der Waals surface area contributed by atoms with Crippen LogP contribution in [0.25, 0.3) is 0 Å². The predicted octanol–water partition coefficient (Wildman–Crippen LogP) is 3.49. The van der Waals surface area contributed by atoms with Crippen LogP contribution >= 0.6 is 0 Å². The Balaban J connectivity index is 1.71. The summed E-state index contributed by atoms with van der Waals surface area (Å²) >= 11 is 0. The summed E-state index contributed by atoms with van der Waals surface area (Å²) in [7, 11) is 0. The highest BCUT2D eigenvalue weighted by atomic mass is 16.5. The van der Waals surface area contributed by atoms with E-state index in [2.05, 4.69) is 10.6 Å². The number of benzene rings is 2. The van der Waals surface area contributed by atoms with Gasteiger partial charge < -0.3 is 20.1 Å². The van der Waals surface area contributed by atoms with Crippen LogP contribution in [0.4, 0.5) is 10.5 Å². The van der Waals surface area contributed by atoms with Crippen molar-refractivity contribution in [1.29, 1.82) is 0 Å². The summed E-state index contributed by atoms with van der Waals surface area (Å²) in [4.78, 5) is 23.0. The van der Waals surface area contributed by atoms with E-state index in [0.29, 0.717) is 36.8 Å². The van der Waals surface area contributed by atoms with Crippen molar-refractivity contribution in [2.75, 3.05) is 25.1 Å². The molecule has 2 aromatic rings. The maximum Gasteiger partial charge on any atom is 0.319 e. The van der Waals surface area contributed by atoms with Crippen molar-refractivity contribution in [2.24, 2.45) is 0 Å². The molecule has 2 aromatic carbocycles. The number of carbonyl (C=O) groups excluding carboxylic acids is 2. The third-order valence-electron chi connectivity index (χ3n) is 3.32. The van der Waals surface area contributed by atoms with Crippen molar-refractivity contribution in [2.45, 2.75) is 13.8 Å². The van der Waals surface area contributed by atoms with Gasteiger partial charge in [0.2, 0.25) is 0 Å². The van der Waals surface area contributed by atoms with Crippen molar-refractivity contribution in [1.82, 2.24) is 5.32 Å². The average molecular weight is 342 g/mol. The molecule has 0 aliphatic heterocycles. The van der Waals surface area contributed by atoms with Gasteiger partial charge in [0, 0.05) is 17.3 Å². The molecule has 0 bridgehead atoms. The van der Waals surface area contributed by atoms with Gasteiger partial charge >= 0.3 is 6.03 Å². The lowest BCUT2D eigenvalue weighted by molar-refractivity contribution is 0.101. The number of ether oxygens (including phenoxy) is 2. The number of hydrogen-bond donors (Lipinski definition) is 2. The van der Waals surface area contributed by atoms with Crippen LogP contribution in [0.5, 0.6) is 11.5 Å². The fourth-order valence-corrected chi connectivity index (χ4v) is 2.12. The molecule has 2 rings (SSSR count). The van der Waals surface area contributed by atoms with Crippen LogP contribution in [0, 0.1) is 0 Å². The van der Waals surface area contributed by atoms with Gasteiger partial charge in [-0.25, -0.2) is 4.79 Å². The van der Waals surface area contributed by atoms with Gasteiger partial charge in [0.1, 0.15) is 18.1 Å². The van der Waals surface area contributed by atoms with Gasteiger partial charge in [-0.15, -0.1) is 0 Å². The van der Waals surface area contributed by atoms with E-state index >= 15 is 0 Å². The zero-order valence-corrected chi connectivity index (χ0v) is 14.4. The molecule has 132 valence electrons. The van der Waals surface area contributed by atoms with E-state index in [4.69, 9.17) is 9.47 Å².